The number of rotatable bonds is 5. The van der Waals surface area contributed by atoms with Crippen molar-refractivity contribution in [3.05, 3.63) is 58.6 Å². The predicted molar refractivity (Wildman–Crippen MR) is 72.6 cm³/mol. The summed E-state index contributed by atoms with van der Waals surface area (Å²) in [6.07, 6.45) is 4.31. The van der Waals surface area contributed by atoms with Gasteiger partial charge in [0.1, 0.15) is 0 Å². The van der Waals surface area contributed by atoms with E-state index >= 15 is 0 Å². The van der Waals surface area contributed by atoms with Gasteiger partial charge in [0.25, 0.3) is 5.56 Å². The van der Waals surface area contributed by atoms with Crippen LogP contribution in [0.4, 0.5) is 5.82 Å². The Bertz CT molecular complexity index is 548. The summed E-state index contributed by atoms with van der Waals surface area (Å²) in [6.45, 7) is 3.38. The van der Waals surface area contributed by atoms with Crippen LogP contribution in [0.3, 0.4) is 0 Å². The number of benzene rings is 1. The van der Waals surface area contributed by atoms with Crippen molar-refractivity contribution in [2.45, 2.75) is 26.4 Å². The van der Waals surface area contributed by atoms with E-state index in [1.807, 2.05) is 37.3 Å². The molecule has 4 nitrogen and oxygen atoms in total. The Hall–Kier alpha value is -2.10. The maximum atomic E-state index is 12.0. The van der Waals surface area contributed by atoms with E-state index in [2.05, 4.69) is 10.3 Å². The van der Waals surface area contributed by atoms with Gasteiger partial charge in [-0.15, -0.1) is 0 Å². The number of hydrogen-bond donors (Lipinski definition) is 1. The number of aryl methyl sites for hydroxylation is 1. The van der Waals surface area contributed by atoms with Crippen LogP contribution >= 0.6 is 0 Å². The number of aromatic nitrogens is 2. The van der Waals surface area contributed by atoms with Gasteiger partial charge in [-0.3, -0.25) is 4.79 Å². The Balaban J connectivity index is 2.10. The average Bonchev–Trinajstić information content (AvgIpc) is 2.41. The first-order chi connectivity index (χ1) is 8.81. The fraction of sp³-hybridized carbons (Fsp3) is 0.286. The van der Waals surface area contributed by atoms with E-state index in [9.17, 15) is 4.79 Å². The Kier molecular flexibility index (Phi) is 4.12. The maximum Gasteiger partial charge on any atom is 0.293 e. The van der Waals surface area contributed by atoms with Crippen LogP contribution in [0.2, 0.25) is 0 Å². The molecule has 0 aliphatic carbocycles. The fourth-order valence-electron chi connectivity index (χ4n) is 1.77. The van der Waals surface area contributed by atoms with Gasteiger partial charge in [0, 0.05) is 25.5 Å². The molecule has 4 heteroatoms. The van der Waals surface area contributed by atoms with Gasteiger partial charge >= 0.3 is 0 Å². The summed E-state index contributed by atoms with van der Waals surface area (Å²) in [5.41, 5.74) is 1.07. The molecule has 0 saturated heterocycles. The van der Waals surface area contributed by atoms with Crippen LogP contribution in [0.5, 0.6) is 0 Å². The molecule has 0 amide bonds. The molecular formula is C14H17N3O. The van der Waals surface area contributed by atoms with E-state index < -0.39 is 0 Å². The number of nitrogens with zero attached hydrogens (tertiary/aromatic N) is 2. The molecule has 0 radical (unpaired) electrons. The monoisotopic (exact) mass is 243 g/mol. The third kappa shape index (κ3) is 2.97. The summed E-state index contributed by atoms with van der Waals surface area (Å²) in [7, 11) is 0. The molecule has 1 N–H and O–H groups in total. The summed E-state index contributed by atoms with van der Waals surface area (Å²) in [4.78, 5) is 16.1. The van der Waals surface area contributed by atoms with Crippen LogP contribution < -0.4 is 10.9 Å². The molecule has 2 rings (SSSR count). The minimum absolute atomic E-state index is 0.0599. The smallest absolute Gasteiger partial charge is 0.293 e. The zero-order valence-electron chi connectivity index (χ0n) is 10.5. The van der Waals surface area contributed by atoms with E-state index in [1.165, 1.54) is 0 Å². The van der Waals surface area contributed by atoms with Crippen LogP contribution in [0, 0.1) is 0 Å². The van der Waals surface area contributed by atoms with Crippen molar-refractivity contribution in [3.8, 4) is 0 Å². The molecular weight excluding hydrogens is 226 g/mol. The molecule has 0 bridgehead atoms. The second-order valence-electron chi connectivity index (χ2n) is 4.11. The summed E-state index contributed by atoms with van der Waals surface area (Å²) < 4.78 is 1.68. The first-order valence-electron chi connectivity index (χ1n) is 6.14. The van der Waals surface area contributed by atoms with E-state index in [1.54, 1.807) is 17.0 Å². The number of nitrogens with one attached hydrogen (secondary N) is 1. The lowest BCUT2D eigenvalue weighted by atomic mass is 10.2. The molecule has 0 aliphatic rings. The van der Waals surface area contributed by atoms with Gasteiger partial charge in [0.05, 0.1) is 0 Å². The molecule has 0 spiro atoms. The summed E-state index contributed by atoms with van der Waals surface area (Å²) in [6, 6.07) is 9.95. The van der Waals surface area contributed by atoms with Crippen molar-refractivity contribution >= 4 is 5.82 Å². The SMILES string of the molecule is CCCn1ccnc(NCc2ccccc2)c1=O. The molecule has 0 saturated carbocycles. The molecule has 0 unspecified atom stereocenters. The van der Waals surface area contributed by atoms with Crippen molar-refractivity contribution in [3.63, 3.8) is 0 Å². The highest BCUT2D eigenvalue weighted by molar-refractivity contribution is 5.32. The van der Waals surface area contributed by atoms with Gasteiger partial charge in [0.2, 0.25) is 0 Å². The minimum Gasteiger partial charge on any atom is -0.361 e. The zero-order valence-corrected chi connectivity index (χ0v) is 10.5. The van der Waals surface area contributed by atoms with Crippen LogP contribution in [-0.2, 0) is 13.1 Å². The van der Waals surface area contributed by atoms with Crippen LogP contribution in [0.25, 0.3) is 0 Å². The quantitative estimate of drug-likeness (QED) is 0.876. The van der Waals surface area contributed by atoms with E-state index in [0.717, 1.165) is 18.5 Å². The molecule has 18 heavy (non-hydrogen) atoms. The Labute approximate surface area is 106 Å². The molecule has 94 valence electrons. The predicted octanol–water partition coefficient (Wildman–Crippen LogP) is 2.27. The highest BCUT2D eigenvalue weighted by Gasteiger charge is 2.03. The van der Waals surface area contributed by atoms with Crippen molar-refractivity contribution in [2.24, 2.45) is 0 Å². The van der Waals surface area contributed by atoms with Crippen molar-refractivity contribution in [1.29, 1.82) is 0 Å². The van der Waals surface area contributed by atoms with Gasteiger partial charge in [0.15, 0.2) is 5.82 Å². The van der Waals surface area contributed by atoms with Gasteiger partial charge in [-0.05, 0) is 12.0 Å². The minimum atomic E-state index is -0.0599. The molecule has 0 atom stereocenters. The summed E-state index contributed by atoms with van der Waals surface area (Å²) in [5.74, 6) is 0.412. The summed E-state index contributed by atoms with van der Waals surface area (Å²) >= 11 is 0. The molecule has 0 aliphatic heterocycles. The van der Waals surface area contributed by atoms with E-state index in [4.69, 9.17) is 0 Å². The van der Waals surface area contributed by atoms with Gasteiger partial charge < -0.3 is 9.88 Å². The lowest BCUT2D eigenvalue weighted by molar-refractivity contribution is 0.649. The number of hydrogen-bond acceptors (Lipinski definition) is 3. The molecule has 1 heterocycles. The Morgan fingerprint density at radius 2 is 2.06 bits per heavy atom. The normalized spacial score (nSPS) is 10.3. The molecule has 1 aromatic heterocycles. The van der Waals surface area contributed by atoms with Gasteiger partial charge in [-0.25, -0.2) is 4.98 Å². The van der Waals surface area contributed by atoms with Gasteiger partial charge in [-0.1, -0.05) is 37.3 Å². The second kappa shape index (κ2) is 6.00. The largest absolute Gasteiger partial charge is 0.361 e. The third-order valence-electron chi connectivity index (χ3n) is 2.68. The van der Waals surface area contributed by atoms with Crippen molar-refractivity contribution in [1.82, 2.24) is 9.55 Å². The third-order valence-corrected chi connectivity index (χ3v) is 2.68. The highest BCUT2D eigenvalue weighted by atomic mass is 16.1. The molecule has 1 aromatic carbocycles. The first-order valence-corrected chi connectivity index (χ1v) is 6.14. The fourth-order valence-corrected chi connectivity index (χ4v) is 1.77. The van der Waals surface area contributed by atoms with E-state index in [-0.39, 0.29) is 5.56 Å². The highest BCUT2D eigenvalue weighted by Crippen LogP contribution is 2.01. The summed E-state index contributed by atoms with van der Waals surface area (Å²) in [5, 5.41) is 3.08. The second-order valence-corrected chi connectivity index (χ2v) is 4.11. The van der Waals surface area contributed by atoms with Crippen molar-refractivity contribution < 1.29 is 0 Å². The number of anilines is 1. The molecule has 0 fully saturated rings. The standard InChI is InChI=1S/C14H17N3O/c1-2-9-17-10-8-15-13(14(17)18)16-11-12-6-4-3-5-7-12/h3-8,10H,2,9,11H2,1H3,(H,15,16). The lowest BCUT2D eigenvalue weighted by Crippen LogP contribution is -2.24. The van der Waals surface area contributed by atoms with Crippen LogP contribution in [-0.4, -0.2) is 9.55 Å². The molecule has 2 aromatic rings. The van der Waals surface area contributed by atoms with Gasteiger partial charge in [-0.2, -0.15) is 0 Å². The maximum absolute atomic E-state index is 12.0. The Morgan fingerprint density at radius 3 is 2.78 bits per heavy atom. The zero-order chi connectivity index (χ0) is 12.8. The Morgan fingerprint density at radius 1 is 1.28 bits per heavy atom. The van der Waals surface area contributed by atoms with Crippen LogP contribution in [0.1, 0.15) is 18.9 Å². The lowest BCUT2D eigenvalue weighted by Gasteiger charge is -2.08. The van der Waals surface area contributed by atoms with Crippen LogP contribution in [0.15, 0.2) is 47.5 Å². The first kappa shape index (κ1) is 12.4. The average molecular weight is 243 g/mol. The van der Waals surface area contributed by atoms with E-state index in [0.29, 0.717) is 12.4 Å². The van der Waals surface area contributed by atoms with Crippen molar-refractivity contribution in [2.75, 3.05) is 5.32 Å². The topological polar surface area (TPSA) is 46.9 Å².